The van der Waals surface area contributed by atoms with Crippen molar-refractivity contribution < 1.29 is 42.5 Å². The third-order valence-electron chi connectivity index (χ3n) is 7.43. The average Bonchev–Trinajstić information content (AvgIpc) is 3.56. The zero-order chi connectivity index (χ0) is 34.3. The van der Waals surface area contributed by atoms with E-state index in [4.69, 9.17) is 28.4 Å². The maximum Gasteiger partial charge on any atom is 0.407 e. The molecular formula is C36H48N2O9S. The molecule has 1 unspecified atom stereocenters. The predicted octanol–water partition coefficient (Wildman–Crippen LogP) is 5.46. The first-order valence-corrected chi connectivity index (χ1v) is 17.5. The first-order valence-electron chi connectivity index (χ1n) is 16.4. The highest BCUT2D eigenvalue weighted by Crippen LogP contribution is 2.34. The molecule has 0 aliphatic carbocycles. The van der Waals surface area contributed by atoms with Crippen LogP contribution < -0.4 is 19.5 Å². The van der Waals surface area contributed by atoms with Crippen LogP contribution in [0.4, 0.5) is 4.79 Å². The van der Waals surface area contributed by atoms with Gasteiger partial charge in [-0.15, -0.1) is 0 Å². The molecule has 0 spiro atoms. The van der Waals surface area contributed by atoms with Crippen LogP contribution in [0.2, 0.25) is 0 Å². The highest BCUT2D eigenvalue weighted by atomic mass is 32.2. The Morgan fingerprint density at radius 3 is 2.33 bits per heavy atom. The topological polar surface area (TPSA) is 125 Å². The van der Waals surface area contributed by atoms with Gasteiger partial charge < -0.3 is 38.8 Å². The van der Waals surface area contributed by atoms with Gasteiger partial charge in [0, 0.05) is 38.8 Å². The van der Waals surface area contributed by atoms with Gasteiger partial charge in [-0.05, 0) is 61.6 Å². The number of carbonyl (C=O) groups excluding carboxylic acids is 1. The molecule has 48 heavy (non-hydrogen) atoms. The van der Waals surface area contributed by atoms with Gasteiger partial charge in [0.1, 0.15) is 23.3 Å². The summed E-state index contributed by atoms with van der Waals surface area (Å²) in [7, 11) is -1.62. The number of nitrogens with one attached hydrogen (secondary N) is 1. The van der Waals surface area contributed by atoms with E-state index in [1.165, 1.54) is 0 Å². The Hall–Kier alpha value is -3.68. The third kappa shape index (κ3) is 11.8. The second-order valence-electron chi connectivity index (χ2n) is 11.7. The van der Waals surface area contributed by atoms with Gasteiger partial charge >= 0.3 is 6.09 Å². The van der Waals surface area contributed by atoms with Crippen molar-refractivity contribution in [2.75, 3.05) is 39.7 Å². The molecule has 1 aliphatic heterocycles. The van der Waals surface area contributed by atoms with E-state index in [1.807, 2.05) is 82.3 Å². The second kappa shape index (κ2) is 19.4. The molecular weight excluding hydrogens is 636 g/mol. The summed E-state index contributed by atoms with van der Waals surface area (Å²) in [6, 6.07) is 21.8. The lowest BCUT2D eigenvalue weighted by atomic mass is 10.0. The smallest absolute Gasteiger partial charge is 0.407 e. The SMILES string of the molecule is CCOC(CCOC(=O)N[C@@H](Cc1ccc(OCc2ccccc2)cc1)[C@H](O)CN(CC(C)C)S(=O)c1ccc2c(c1)OCO2)OCC. The fourth-order valence-electron chi connectivity index (χ4n) is 5.11. The predicted molar refractivity (Wildman–Crippen MR) is 182 cm³/mol. The number of alkyl carbamates (subject to hydrolysis) is 1. The lowest BCUT2D eigenvalue weighted by Gasteiger charge is -2.30. The van der Waals surface area contributed by atoms with Gasteiger partial charge in [0.05, 0.1) is 23.6 Å². The second-order valence-corrected chi connectivity index (χ2v) is 13.2. The number of hydrogen-bond acceptors (Lipinski definition) is 9. The van der Waals surface area contributed by atoms with Gasteiger partial charge in [0.25, 0.3) is 0 Å². The van der Waals surface area contributed by atoms with Crippen molar-refractivity contribution in [1.29, 1.82) is 0 Å². The van der Waals surface area contributed by atoms with Crippen LogP contribution in [-0.2, 0) is 38.2 Å². The van der Waals surface area contributed by atoms with Crippen LogP contribution >= 0.6 is 0 Å². The van der Waals surface area contributed by atoms with Crippen LogP contribution in [0.1, 0.15) is 45.2 Å². The number of ether oxygens (including phenoxy) is 6. The average molecular weight is 685 g/mol. The van der Waals surface area contributed by atoms with Gasteiger partial charge in [-0.3, -0.25) is 0 Å². The Morgan fingerprint density at radius 2 is 1.65 bits per heavy atom. The number of nitrogens with zero attached hydrogens (tertiary/aromatic N) is 1. The first-order chi connectivity index (χ1) is 23.2. The molecule has 2 N–H and O–H groups in total. The van der Waals surface area contributed by atoms with E-state index in [0.29, 0.717) is 61.4 Å². The van der Waals surface area contributed by atoms with E-state index in [0.717, 1.165) is 11.1 Å². The van der Waals surface area contributed by atoms with E-state index < -0.39 is 35.5 Å². The summed E-state index contributed by atoms with van der Waals surface area (Å²) in [6.07, 6.45) is -1.60. The van der Waals surface area contributed by atoms with Gasteiger partial charge in [-0.2, -0.15) is 0 Å². The monoisotopic (exact) mass is 684 g/mol. The van der Waals surface area contributed by atoms with Crippen LogP contribution in [-0.4, -0.2) is 77.9 Å². The van der Waals surface area contributed by atoms with E-state index in [2.05, 4.69) is 5.32 Å². The maximum absolute atomic E-state index is 13.8. The largest absolute Gasteiger partial charge is 0.489 e. The molecule has 3 aromatic carbocycles. The van der Waals surface area contributed by atoms with Gasteiger partial charge in [0.2, 0.25) is 6.79 Å². The Kier molecular flexibility index (Phi) is 15.0. The van der Waals surface area contributed by atoms with Crippen molar-refractivity contribution >= 4 is 17.1 Å². The Labute approximate surface area is 286 Å². The van der Waals surface area contributed by atoms with Crippen molar-refractivity contribution in [1.82, 2.24) is 9.62 Å². The number of aliphatic hydroxyl groups is 1. The number of hydrogen-bond donors (Lipinski definition) is 2. The molecule has 0 bridgehead atoms. The Morgan fingerprint density at radius 1 is 0.938 bits per heavy atom. The number of rotatable bonds is 20. The van der Waals surface area contributed by atoms with E-state index in [9.17, 15) is 14.1 Å². The molecule has 3 atom stereocenters. The summed E-state index contributed by atoms with van der Waals surface area (Å²) in [6.45, 7) is 9.81. The number of benzene rings is 3. The molecule has 11 nitrogen and oxygen atoms in total. The maximum atomic E-state index is 13.8. The molecule has 0 radical (unpaired) electrons. The summed E-state index contributed by atoms with van der Waals surface area (Å²) in [4.78, 5) is 13.5. The van der Waals surface area contributed by atoms with Gasteiger partial charge in [-0.1, -0.05) is 56.3 Å². The normalized spacial score (nSPS) is 14.2. The molecule has 0 fully saturated rings. The molecule has 4 rings (SSSR count). The van der Waals surface area contributed by atoms with Gasteiger partial charge in [0.15, 0.2) is 17.8 Å². The number of carbonyl (C=O) groups is 1. The van der Waals surface area contributed by atoms with Crippen molar-refractivity contribution in [2.24, 2.45) is 5.92 Å². The minimum atomic E-state index is -1.62. The number of amides is 1. The Balaban J connectivity index is 1.45. The van der Waals surface area contributed by atoms with E-state index in [1.54, 1.807) is 22.5 Å². The highest BCUT2D eigenvalue weighted by molar-refractivity contribution is 7.82. The van der Waals surface area contributed by atoms with Crippen molar-refractivity contribution in [2.45, 2.75) is 70.5 Å². The molecule has 262 valence electrons. The summed E-state index contributed by atoms with van der Waals surface area (Å²) >= 11 is 0. The van der Waals surface area contributed by atoms with Crippen molar-refractivity contribution in [3.63, 3.8) is 0 Å². The van der Waals surface area contributed by atoms with Crippen LogP contribution in [0.3, 0.4) is 0 Å². The summed E-state index contributed by atoms with van der Waals surface area (Å²) in [5.41, 5.74) is 1.93. The van der Waals surface area contributed by atoms with Crippen LogP contribution in [0.25, 0.3) is 0 Å². The summed E-state index contributed by atoms with van der Waals surface area (Å²) in [5.74, 6) is 1.98. The zero-order valence-corrected chi connectivity index (χ0v) is 29.0. The quantitative estimate of drug-likeness (QED) is 0.149. The fraction of sp³-hybridized carbons (Fsp3) is 0.472. The zero-order valence-electron chi connectivity index (χ0n) is 28.2. The van der Waals surface area contributed by atoms with E-state index >= 15 is 0 Å². The molecule has 1 amide bonds. The molecule has 1 aliphatic rings. The number of fused-ring (bicyclic) bond motifs is 1. The molecule has 3 aromatic rings. The molecule has 1 heterocycles. The molecule has 0 saturated heterocycles. The van der Waals surface area contributed by atoms with Crippen LogP contribution in [0, 0.1) is 5.92 Å². The minimum Gasteiger partial charge on any atom is -0.489 e. The van der Waals surface area contributed by atoms with Crippen molar-refractivity contribution in [3.05, 3.63) is 83.9 Å². The standard InChI is InChI=1S/C36H48N2O9S/c1-5-42-35(43-6-2)18-19-44-36(40)37-31(20-27-12-14-29(15-13-27)45-24-28-10-8-7-9-11-28)32(39)23-38(22-26(3)4)48(41)30-16-17-33-34(21-30)47-25-46-33/h7-17,21,26,31-32,35,39H,5-6,18-20,22-25H2,1-4H3,(H,37,40)/t31-,32+,48?/m0/s1. The molecule has 0 aromatic heterocycles. The lowest BCUT2D eigenvalue weighted by molar-refractivity contribution is -0.144. The Bertz CT molecular complexity index is 1420. The fourth-order valence-corrected chi connectivity index (χ4v) is 6.53. The van der Waals surface area contributed by atoms with E-state index in [-0.39, 0.29) is 25.9 Å². The first kappa shape index (κ1) is 37.1. The van der Waals surface area contributed by atoms with Crippen LogP contribution in [0.15, 0.2) is 77.7 Å². The van der Waals surface area contributed by atoms with Gasteiger partial charge in [-0.25, -0.2) is 13.3 Å². The third-order valence-corrected chi connectivity index (χ3v) is 8.85. The van der Waals surface area contributed by atoms with Crippen molar-refractivity contribution in [3.8, 4) is 17.2 Å². The van der Waals surface area contributed by atoms with Crippen LogP contribution in [0.5, 0.6) is 17.2 Å². The minimum absolute atomic E-state index is 0.0270. The summed E-state index contributed by atoms with van der Waals surface area (Å²) in [5, 5.41) is 14.5. The highest BCUT2D eigenvalue weighted by Gasteiger charge is 2.29. The lowest BCUT2D eigenvalue weighted by Crippen LogP contribution is -2.50. The molecule has 0 saturated carbocycles. The summed E-state index contributed by atoms with van der Waals surface area (Å²) < 4.78 is 48.9. The number of aliphatic hydroxyl groups excluding tert-OH is 1. The molecule has 12 heteroatoms.